The Morgan fingerprint density at radius 3 is 2.71 bits per heavy atom. The first-order valence-corrected chi connectivity index (χ1v) is 9.54. The minimum absolute atomic E-state index is 0.0222. The van der Waals surface area contributed by atoms with Crippen LogP contribution in [0.2, 0.25) is 5.02 Å². The summed E-state index contributed by atoms with van der Waals surface area (Å²) >= 11 is 7.83. The Balaban J connectivity index is 1.77. The third-order valence-corrected chi connectivity index (χ3v) is 6.34. The molecule has 0 bridgehead atoms. The van der Waals surface area contributed by atoms with Gasteiger partial charge in [-0.05, 0) is 36.4 Å². The predicted octanol–water partition coefficient (Wildman–Crippen LogP) is 3.99. The highest BCUT2D eigenvalue weighted by Crippen LogP contribution is 2.47. The molecule has 0 aromatic heterocycles. The second kappa shape index (κ2) is 6.58. The summed E-state index contributed by atoms with van der Waals surface area (Å²) in [6, 6.07) is 10.7. The van der Waals surface area contributed by atoms with Gasteiger partial charge in [-0.15, -0.1) is 0 Å². The van der Waals surface area contributed by atoms with Gasteiger partial charge in [0.2, 0.25) is 0 Å². The van der Waals surface area contributed by atoms with Crippen LogP contribution in [0.25, 0.3) is 0 Å². The fourth-order valence-electron chi connectivity index (χ4n) is 3.60. The van der Waals surface area contributed by atoms with Crippen LogP contribution in [-0.2, 0) is 0 Å². The van der Waals surface area contributed by atoms with Crippen molar-refractivity contribution in [1.82, 2.24) is 0 Å². The zero-order chi connectivity index (χ0) is 16.7. The molecule has 0 saturated carbocycles. The normalized spacial score (nSPS) is 26.0. The van der Waals surface area contributed by atoms with E-state index >= 15 is 0 Å². The van der Waals surface area contributed by atoms with E-state index in [0.29, 0.717) is 5.92 Å². The number of likely N-dealkylation sites (tertiary alicyclic amines) is 1. The van der Waals surface area contributed by atoms with Crippen LogP contribution in [0.1, 0.15) is 24.5 Å². The molecule has 0 amide bonds. The van der Waals surface area contributed by atoms with Crippen molar-refractivity contribution in [3.05, 3.63) is 52.8 Å². The first-order valence-electron chi connectivity index (χ1n) is 8.35. The molecule has 1 fully saturated rings. The highest BCUT2D eigenvalue weighted by molar-refractivity contribution is 7.99. The maximum absolute atomic E-state index is 13.7. The number of ether oxygens (including phenoxy) is 1. The lowest BCUT2D eigenvalue weighted by atomic mass is 9.87. The number of hydrogen-bond acceptors (Lipinski definition) is 2. The molecule has 0 unspecified atom stereocenters. The largest absolute Gasteiger partial charge is 0.484 e. The molecule has 2 aliphatic rings. The zero-order valence-corrected chi connectivity index (χ0v) is 15.1. The van der Waals surface area contributed by atoms with Gasteiger partial charge in [0.1, 0.15) is 17.7 Å². The summed E-state index contributed by atoms with van der Waals surface area (Å²) in [5.41, 5.74) is 1.13. The van der Waals surface area contributed by atoms with E-state index in [0.717, 1.165) is 52.1 Å². The maximum Gasteiger partial charge on any atom is 0.134 e. The Hall–Kier alpha value is -1.23. The molecular formula is C19H20ClFNOS+. The summed E-state index contributed by atoms with van der Waals surface area (Å²) in [6.07, 6.45) is 2.24. The maximum atomic E-state index is 13.7. The van der Waals surface area contributed by atoms with Crippen molar-refractivity contribution in [3.8, 4) is 5.75 Å². The van der Waals surface area contributed by atoms with Gasteiger partial charge in [0, 0.05) is 34.2 Å². The average Bonchev–Trinajstić information content (AvgIpc) is 2.72. The van der Waals surface area contributed by atoms with Crippen molar-refractivity contribution in [2.75, 3.05) is 20.1 Å². The van der Waals surface area contributed by atoms with Crippen LogP contribution >= 0.6 is 23.4 Å². The van der Waals surface area contributed by atoms with Gasteiger partial charge < -0.3 is 9.64 Å². The fourth-order valence-corrected chi connectivity index (χ4v) is 4.83. The van der Waals surface area contributed by atoms with Gasteiger partial charge in [0.25, 0.3) is 0 Å². The third-order valence-electron chi connectivity index (χ3n) is 4.97. The average molecular weight is 365 g/mol. The topological polar surface area (TPSA) is 13.7 Å². The van der Waals surface area contributed by atoms with Crippen molar-refractivity contribution in [3.63, 3.8) is 0 Å². The monoisotopic (exact) mass is 364 g/mol. The van der Waals surface area contributed by atoms with E-state index in [1.54, 1.807) is 28.8 Å². The second-order valence-electron chi connectivity index (χ2n) is 6.71. The van der Waals surface area contributed by atoms with Crippen LogP contribution in [0.15, 0.2) is 46.2 Å². The van der Waals surface area contributed by atoms with Gasteiger partial charge in [-0.2, -0.15) is 0 Å². The quantitative estimate of drug-likeness (QED) is 0.822. The lowest BCUT2D eigenvalue weighted by molar-refractivity contribution is -0.886. The molecule has 2 aliphatic heterocycles. The number of piperidine rings is 1. The first kappa shape index (κ1) is 16.2. The van der Waals surface area contributed by atoms with E-state index in [-0.39, 0.29) is 11.9 Å². The SMILES string of the molecule is C[NH+]1CCC([C@H]2Oc3ccc(F)cc3Sc3ccc(Cl)cc32)CC1. The minimum Gasteiger partial charge on any atom is -0.484 e. The Bertz CT molecular complexity index is 761. The van der Waals surface area contributed by atoms with Gasteiger partial charge in [-0.25, -0.2) is 4.39 Å². The number of halogens is 2. The fraction of sp³-hybridized carbons (Fsp3) is 0.368. The van der Waals surface area contributed by atoms with E-state index in [1.165, 1.54) is 6.07 Å². The number of nitrogens with one attached hydrogen (secondary N) is 1. The summed E-state index contributed by atoms with van der Waals surface area (Å²) in [7, 11) is 2.24. The Morgan fingerprint density at radius 2 is 1.92 bits per heavy atom. The molecular weight excluding hydrogens is 345 g/mol. The number of quaternary nitrogens is 1. The van der Waals surface area contributed by atoms with E-state index in [1.807, 2.05) is 18.2 Å². The van der Waals surface area contributed by atoms with Crippen molar-refractivity contribution in [1.29, 1.82) is 0 Å². The molecule has 2 aromatic carbocycles. The summed E-state index contributed by atoms with van der Waals surface area (Å²) in [6.45, 7) is 2.31. The smallest absolute Gasteiger partial charge is 0.134 e. The van der Waals surface area contributed by atoms with Gasteiger partial charge in [0.15, 0.2) is 0 Å². The lowest BCUT2D eigenvalue weighted by Gasteiger charge is -2.32. The van der Waals surface area contributed by atoms with E-state index in [2.05, 4.69) is 7.05 Å². The van der Waals surface area contributed by atoms with Crippen molar-refractivity contribution in [2.45, 2.75) is 28.7 Å². The highest BCUT2D eigenvalue weighted by Gasteiger charge is 2.34. The molecule has 2 nitrogen and oxygen atoms in total. The second-order valence-corrected chi connectivity index (χ2v) is 8.23. The van der Waals surface area contributed by atoms with Crippen molar-refractivity contribution >= 4 is 23.4 Å². The summed E-state index contributed by atoms with van der Waals surface area (Å²) in [4.78, 5) is 3.52. The molecule has 0 aliphatic carbocycles. The lowest BCUT2D eigenvalue weighted by Crippen LogP contribution is -3.10. The molecule has 24 heavy (non-hydrogen) atoms. The molecule has 2 aromatic rings. The number of benzene rings is 2. The van der Waals surface area contributed by atoms with Gasteiger partial charge in [-0.3, -0.25) is 0 Å². The summed E-state index contributed by atoms with van der Waals surface area (Å²) in [5, 5.41) is 0.721. The molecule has 4 rings (SSSR count). The summed E-state index contributed by atoms with van der Waals surface area (Å²) < 4.78 is 20.1. The van der Waals surface area contributed by atoms with Crippen LogP contribution in [0.4, 0.5) is 4.39 Å². The predicted molar refractivity (Wildman–Crippen MR) is 94.7 cm³/mol. The van der Waals surface area contributed by atoms with E-state index in [9.17, 15) is 4.39 Å². The number of fused-ring (bicyclic) bond motifs is 2. The summed E-state index contributed by atoms with van der Waals surface area (Å²) in [5.74, 6) is 0.995. The van der Waals surface area contributed by atoms with Gasteiger partial charge in [0.05, 0.1) is 25.0 Å². The third kappa shape index (κ3) is 3.15. The zero-order valence-electron chi connectivity index (χ0n) is 13.5. The van der Waals surface area contributed by atoms with Gasteiger partial charge >= 0.3 is 0 Å². The molecule has 0 radical (unpaired) electrons. The standard InChI is InChI=1S/C19H19ClFNOS/c1-22-8-6-12(7-9-22)19-15-10-13(20)2-5-17(15)24-18-11-14(21)3-4-16(18)23-19/h2-5,10-12,19H,6-9H2,1H3/p+1/t19-/m1/s1. The number of rotatable bonds is 1. The highest BCUT2D eigenvalue weighted by atomic mass is 35.5. The Kier molecular flexibility index (Phi) is 4.46. The molecule has 1 saturated heterocycles. The van der Waals surface area contributed by atoms with Crippen molar-refractivity contribution in [2.24, 2.45) is 5.92 Å². The molecule has 2 heterocycles. The van der Waals surface area contributed by atoms with Crippen molar-refractivity contribution < 1.29 is 14.0 Å². The van der Waals surface area contributed by atoms with Crippen LogP contribution in [-0.4, -0.2) is 20.1 Å². The molecule has 126 valence electrons. The van der Waals surface area contributed by atoms with Crippen LogP contribution < -0.4 is 9.64 Å². The van der Waals surface area contributed by atoms with E-state index in [4.69, 9.17) is 16.3 Å². The van der Waals surface area contributed by atoms with Crippen LogP contribution in [0.3, 0.4) is 0 Å². The Morgan fingerprint density at radius 1 is 1.12 bits per heavy atom. The van der Waals surface area contributed by atoms with Crippen LogP contribution in [0.5, 0.6) is 5.75 Å². The van der Waals surface area contributed by atoms with E-state index < -0.39 is 0 Å². The first-order chi connectivity index (χ1) is 11.6. The molecule has 1 atom stereocenters. The van der Waals surface area contributed by atoms with Gasteiger partial charge in [-0.1, -0.05) is 23.4 Å². The molecule has 1 N–H and O–H groups in total. The Labute approximate surface area is 150 Å². The molecule has 0 spiro atoms. The number of hydrogen-bond donors (Lipinski definition) is 1. The minimum atomic E-state index is -0.235. The molecule has 5 heteroatoms. The van der Waals surface area contributed by atoms with Crippen LogP contribution in [0, 0.1) is 11.7 Å².